The van der Waals surface area contributed by atoms with Gasteiger partial charge in [0.25, 0.3) is 0 Å². The maximum Gasteiger partial charge on any atom is 0.0430 e. The number of nitrogens with zero attached hydrogens (tertiary/aromatic N) is 1. The Balaban J connectivity index is 0. The third-order valence-corrected chi connectivity index (χ3v) is 1.85. The second-order valence-corrected chi connectivity index (χ2v) is 2.70. The lowest BCUT2D eigenvalue weighted by molar-refractivity contribution is 0.287. The summed E-state index contributed by atoms with van der Waals surface area (Å²) in [6.07, 6.45) is 2.04. The Hall–Kier alpha value is -0.0800. The fourth-order valence-electron chi connectivity index (χ4n) is 0.829. The summed E-state index contributed by atoms with van der Waals surface area (Å²) in [6, 6.07) is 0. The lowest BCUT2D eigenvalue weighted by atomic mass is 10.4. The van der Waals surface area contributed by atoms with Crippen molar-refractivity contribution in [2.24, 2.45) is 0 Å². The lowest BCUT2D eigenvalue weighted by Gasteiger charge is -2.13. The molecule has 0 aromatic carbocycles. The molecule has 0 atom stereocenters. The molecule has 2 heteroatoms. The predicted octanol–water partition coefficient (Wildman–Crippen LogP) is 2.13. The van der Waals surface area contributed by atoms with Gasteiger partial charge in [-0.15, -0.1) is 0 Å². The monoisotopic (exact) mass is 175 g/mol. The van der Waals surface area contributed by atoms with Crippen LogP contribution in [0.15, 0.2) is 0 Å². The fourth-order valence-corrected chi connectivity index (χ4v) is 0.829. The normalized spacial score (nSPS) is 9.50. The molecule has 76 valence electrons. The van der Waals surface area contributed by atoms with Gasteiger partial charge in [0.2, 0.25) is 0 Å². The van der Waals surface area contributed by atoms with Gasteiger partial charge in [-0.1, -0.05) is 34.1 Å². The highest BCUT2D eigenvalue weighted by Gasteiger charge is 1.89. The molecule has 0 saturated heterocycles. The van der Waals surface area contributed by atoms with E-state index in [4.69, 9.17) is 5.11 Å². The molecule has 12 heavy (non-hydrogen) atoms. The minimum atomic E-state index is 0.344. The third-order valence-electron chi connectivity index (χ3n) is 1.85. The minimum Gasteiger partial charge on any atom is -0.396 e. The number of rotatable bonds is 5. The van der Waals surface area contributed by atoms with Crippen LogP contribution in [0, 0.1) is 0 Å². The number of unbranched alkanes of at least 4 members (excludes halogenated alkanes) is 1. The molecule has 0 aliphatic heterocycles. The molecular weight excluding hydrogens is 150 g/mol. The topological polar surface area (TPSA) is 23.5 Å². The van der Waals surface area contributed by atoms with Gasteiger partial charge in [0.1, 0.15) is 0 Å². The van der Waals surface area contributed by atoms with Gasteiger partial charge in [0.05, 0.1) is 0 Å². The second-order valence-electron chi connectivity index (χ2n) is 2.70. The van der Waals surface area contributed by atoms with E-state index in [2.05, 4.69) is 32.6 Å². The van der Waals surface area contributed by atoms with E-state index in [1.807, 2.05) is 0 Å². The Morgan fingerprint density at radius 2 is 1.33 bits per heavy atom. The van der Waals surface area contributed by atoms with Crippen LogP contribution >= 0.6 is 0 Å². The lowest BCUT2D eigenvalue weighted by Crippen LogP contribution is -2.21. The Labute approximate surface area is 77.6 Å². The number of aliphatic hydroxyl groups excluding tert-OH is 1. The SMILES string of the molecule is CCCCO.CCN(CC)CC. The molecule has 0 fully saturated rings. The van der Waals surface area contributed by atoms with E-state index in [-0.39, 0.29) is 0 Å². The maximum absolute atomic E-state index is 8.07. The van der Waals surface area contributed by atoms with Crippen molar-refractivity contribution in [1.82, 2.24) is 4.90 Å². The van der Waals surface area contributed by atoms with Crippen molar-refractivity contribution in [1.29, 1.82) is 0 Å². The quantitative estimate of drug-likeness (QED) is 0.692. The summed E-state index contributed by atoms with van der Waals surface area (Å²) in [5, 5.41) is 8.07. The molecule has 0 aliphatic rings. The highest BCUT2D eigenvalue weighted by atomic mass is 16.2. The van der Waals surface area contributed by atoms with Crippen molar-refractivity contribution in [2.75, 3.05) is 26.2 Å². The van der Waals surface area contributed by atoms with Crippen LogP contribution in [0.5, 0.6) is 0 Å². The average molecular weight is 175 g/mol. The minimum absolute atomic E-state index is 0.344. The molecule has 0 radical (unpaired) electrons. The van der Waals surface area contributed by atoms with E-state index in [9.17, 15) is 0 Å². The molecule has 0 unspecified atom stereocenters. The van der Waals surface area contributed by atoms with Gasteiger partial charge in [-0.05, 0) is 26.1 Å². The van der Waals surface area contributed by atoms with E-state index < -0.39 is 0 Å². The van der Waals surface area contributed by atoms with E-state index in [0.717, 1.165) is 12.8 Å². The first kappa shape index (κ1) is 14.4. The molecule has 0 aliphatic carbocycles. The Morgan fingerprint density at radius 3 is 1.33 bits per heavy atom. The van der Waals surface area contributed by atoms with Gasteiger partial charge < -0.3 is 10.0 Å². The van der Waals surface area contributed by atoms with Crippen molar-refractivity contribution >= 4 is 0 Å². The zero-order chi connectivity index (χ0) is 9.82. The first-order valence-corrected chi connectivity index (χ1v) is 5.09. The summed E-state index contributed by atoms with van der Waals surface area (Å²) >= 11 is 0. The van der Waals surface area contributed by atoms with Crippen LogP contribution < -0.4 is 0 Å². The Kier molecular flexibility index (Phi) is 16.3. The summed E-state index contributed by atoms with van der Waals surface area (Å²) in [6.45, 7) is 12.5. The van der Waals surface area contributed by atoms with Gasteiger partial charge in [-0.25, -0.2) is 0 Å². The third kappa shape index (κ3) is 12.6. The van der Waals surface area contributed by atoms with E-state index in [1.54, 1.807) is 0 Å². The molecule has 0 spiro atoms. The predicted molar refractivity (Wildman–Crippen MR) is 55.5 cm³/mol. The summed E-state index contributed by atoms with van der Waals surface area (Å²) < 4.78 is 0. The van der Waals surface area contributed by atoms with Crippen LogP contribution in [-0.4, -0.2) is 36.2 Å². The second kappa shape index (κ2) is 13.5. The molecular formula is C10H25NO. The molecule has 0 amide bonds. The van der Waals surface area contributed by atoms with Crippen LogP contribution in [0.2, 0.25) is 0 Å². The molecule has 0 rings (SSSR count). The Morgan fingerprint density at radius 1 is 0.917 bits per heavy atom. The largest absolute Gasteiger partial charge is 0.396 e. The molecule has 0 aromatic rings. The van der Waals surface area contributed by atoms with Crippen molar-refractivity contribution < 1.29 is 5.11 Å². The summed E-state index contributed by atoms with van der Waals surface area (Å²) in [5.41, 5.74) is 0. The van der Waals surface area contributed by atoms with E-state index >= 15 is 0 Å². The van der Waals surface area contributed by atoms with Gasteiger partial charge in [0.15, 0.2) is 0 Å². The number of hydrogen-bond acceptors (Lipinski definition) is 2. The van der Waals surface area contributed by atoms with Crippen LogP contribution in [-0.2, 0) is 0 Å². The van der Waals surface area contributed by atoms with Crippen LogP contribution in [0.1, 0.15) is 40.5 Å². The molecule has 0 heterocycles. The van der Waals surface area contributed by atoms with Gasteiger partial charge >= 0.3 is 0 Å². The van der Waals surface area contributed by atoms with E-state index in [0.29, 0.717) is 6.61 Å². The molecule has 0 bridgehead atoms. The van der Waals surface area contributed by atoms with Crippen molar-refractivity contribution in [3.8, 4) is 0 Å². The molecule has 2 nitrogen and oxygen atoms in total. The highest BCUT2D eigenvalue weighted by molar-refractivity contribution is 4.43. The van der Waals surface area contributed by atoms with Crippen molar-refractivity contribution in [2.45, 2.75) is 40.5 Å². The maximum atomic E-state index is 8.07. The first-order chi connectivity index (χ1) is 5.76. The smallest absolute Gasteiger partial charge is 0.0430 e. The molecule has 1 N–H and O–H groups in total. The summed E-state index contributed by atoms with van der Waals surface area (Å²) in [5.74, 6) is 0. The summed E-state index contributed by atoms with van der Waals surface area (Å²) in [7, 11) is 0. The van der Waals surface area contributed by atoms with Crippen LogP contribution in [0.25, 0.3) is 0 Å². The highest BCUT2D eigenvalue weighted by Crippen LogP contribution is 1.81. The van der Waals surface area contributed by atoms with Gasteiger partial charge in [-0.3, -0.25) is 0 Å². The van der Waals surface area contributed by atoms with Crippen LogP contribution in [0.4, 0.5) is 0 Å². The zero-order valence-corrected chi connectivity index (χ0v) is 9.14. The molecule has 0 saturated carbocycles. The zero-order valence-electron chi connectivity index (χ0n) is 9.14. The number of aliphatic hydroxyl groups is 1. The first-order valence-electron chi connectivity index (χ1n) is 5.09. The molecule has 0 aromatic heterocycles. The summed E-state index contributed by atoms with van der Waals surface area (Å²) in [4.78, 5) is 2.38. The average Bonchev–Trinajstić information content (AvgIpc) is 2.10. The van der Waals surface area contributed by atoms with Crippen molar-refractivity contribution in [3.63, 3.8) is 0 Å². The standard InChI is InChI=1S/C6H15N.C4H10O/c1-4-7(5-2)6-3;1-2-3-4-5/h4-6H2,1-3H3;5H,2-4H2,1H3. The van der Waals surface area contributed by atoms with Gasteiger partial charge in [-0.2, -0.15) is 0 Å². The van der Waals surface area contributed by atoms with Crippen molar-refractivity contribution in [3.05, 3.63) is 0 Å². The number of hydrogen-bond donors (Lipinski definition) is 1. The van der Waals surface area contributed by atoms with Crippen LogP contribution in [0.3, 0.4) is 0 Å². The fraction of sp³-hybridized carbons (Fsp3) is 1.00. The van der Waals surface area contributed by atoms with Gasteiger partial charge in [0, 0.05) is 6.61 Å². The Bertz CT molecular complexity index is 55.3. The van der Waals surface area contributed by atoms with E-state index in [1.165, 1.54) is 19.6 Å².